The van der Waals surface area contributed by atoms with Gasteiger partial charge < -0.3 is 4.74 Å². The van der Waals surface area contributed by atoms with Crippen LogP contribution in [-0.4, -0.2) is 37.9 Å². The minimum atomic E-state index is -3.64. The Morgan fingerprint density at radius 3 is 2.65 bits per heavy atom. The van der Waals surface area contributed by atoms with Crippen molar-refractivity contribution in [3.05, 3.63) is 52.8 Å². The van der Waals surface area contributed by atoms with Gasteiger partial charge in [-0.05, 0) is 30.3 Å². The van der Waals surface area contributed by atoms with Crippen molar-refractivity contribution in [1.29, 1.82) is 0 Å². The highest BCUT2D eigenvalue weighted by atomic mass is 79.9. The highest BCUT2D eigenvalue weighted by Gasteiger charge is 2.26. The van der Waals surface area contributed by atoms with Crippen LogP contribution in [0, 0.1) is 0 Å². The number of rotatable bonds is 7. The summed E-state index contributed by atoms with van der Waals surface area (Å²) in [5.41, 5.74) is 0.863. The van der Waals surface area contributed by atoms with Crippen molar-refractivity contribution in [3.8, 4) is 5.75 Å². The topological polar surface area (TPSA) is 59.5 Å². The van der Waals surface area contributed by atoms with Gasteiger partial charge in [-0.2, -0.15) is 4.31 Å². The molecule has 1 aromatic heterocycles. The molecule has 23 heavy (non-hydrogen) atoms. The van der Waals surface area contributed by atoms with E-state index in [0.29, 0.717) is 29.7 Å². The SMILES string of the molecule is CCN(CCc1ccccn1)S(=O)(=O)c1cc(Br)ccc1OC. The molecule has 1 aromatic carbocycles. The van der Waals surface area contributed by atoms with Gasteiger partial charge >= 0.3 is 0 Å². The number of hydrogen-bond donors (Lipinski definition) is 0. The van der Waals surface area contributed by atoms with Gasteiger partial charge in [0, 0.05) is 35.9 Å². The Kier molecular flexibility index (Phi) is 6.15. The van der Waals surface area contributed by atoms with Crippen LogP contribution in [-0.2, 0) is 16.4 Å². The fourth-order valence-electron chi connectivity index (χ4n) is 2.22. The van der Waals surface area contributed by atoms with Crippen LogP contribution in [0.3, 0.4) is 0 Å². The predicted molar refractivity (Wildman–Crippen MR) is 93.1 cm³/mol. The summed E-state index contributed by atoms with van der Waals surface area (Å²) in [4.78, 5) is 4.40. The maximum absolute atomic E-state index is 12.9. The highest BCUT2D eigenvalue weighted by molar-refractivity contribution is 9.10. The van der Waals surface area contributed by atoms with E-state index >= 15 is 0 Å². The van der Waals surface area contributed by atoms with Gasteiger partial charge in [0.05, 0.1) is 7.11 Å². The van der Waals surface area contributed by atoms with Gasteiger partial charge in [-0.25, -0.2) is 8.42 Å². The first kappa shape index (κ1) is 17.9. The van der Waals surface area contributed by atoms with Gasteiger partial charge in [0.25, 0.3) is 0 Å². The Morgan fingerprint density at radius 1 is 1.26 bits per heavy atom. The zero-order chi connectivity index (χ0) is 16.9. The second-order valence-corrected chi connectivity index (χ2v) is 7.68. The quantitative estimate of drug-likeness (QED) is 0.718. The number of halogens is 1. The summed E-state index contributed by atoms with van der Waals surface area (Å²) in [6.45, 7) is 2.57. The molecule has 0 unspecified atom stereocenters. The van der Waals surface area contributed by atoms with Gasteiger partial charge in [0.1, 0.15) is 10.6 Å². The largest absolute Gasteiger partial charge is 0.495 e. The molecule has 124 valence electrons. The van der Waals surface area contributed by atoms with E-state index in [9.17, 15) is 8.42 Å². The highest BCUT2D eigenvalue weighted by Crippen LogP contribution is 2.29. The molecule has 0 aliphatic rings. The van der Waals surface area contributed by atoms with Gasteiger partial charge in [-0.1, -0.05) is 28.9 Å². The smallest absolute Gasteiger partial charge is 0.246 e. The van der Waals surface area contributed by atoms with Gasteiger partial charge in [0.2, 0.25) is 10.0 Å². The molecule has 5 nitrogen and oxygen atoms in total. The lowest BCUT2D eigenvalue weighted by molar-refractivity contribution is 0.393. The number of sulfonamides is 1. The van der Waals surface area contributed by atoms with E-state index in [1.165, 1.54) is 11.4 Å². The molecule has 0 aliphatic carbocycles. The molecule has 1 heterocycles. The molecule has 0 saturated heterocycles. The van der Waals surface area contributed by atoms with E-state index in [1.54, 1.807) is 24.4 Å². The van der Waals surface area contributed by atoms with Crippen LogP contribution < -0.4 is 4.74 Å². The summed E-state index contributed by atoms with van der Waals surface area (Å²) in [7, 11) is -2.17. The number of aromatic nitrogens is 1. The van der Waals surface area contributed by atoms with E-state index in [0.717, 1.165) is 5.69 Å². The van der Waals surface area contributed by atoms with Crippen LogP contribution in [0.5, 0.6) is 5.75 Å². The second kappa shape index (κ2) is 7.90. The Morgan fingerprint density at radius 2 is 2.04 bits per heavy atom. The zero-order valence-corrected chi connectivity index (χ0v) is 15.5. The predicted octanol–water partition coefficient (Wildman–Crippen LogP) is 3.11. The second-order valence-electron chi connectivity index (χ2n) is 4.86. The standard InChI is InChI=1S/C16H19BrN2O3S/c1-3-19(11-9-14-6-4-5-10-18-14)23(20,21)16-12-13(17)7-8-15(16)22-2/h4-8,10,12H,3,9,11H2,1-2H3. The summed E-state index contributed by atoms with van der Waals surface area (Å²) in [5, 5.41) is 0. The molecule has 0 bridgehead atoms. The first-order valence-corrected chi connectivity index (χ1v) is 9.46. The Labute approximate surface area is 145 Å². The van der Waals surface area contributed by atoms with Crippen molar-refractivity contribution in [2.75, 3.05) is 20.2 Å². The van der Waals surface area contributed by atoms with Crippen LogP contribution in [0.2, 0.25) is 0 Å². The van der Waals surface area contributed by atoms with E-state index in [4.69, 9.17) is 4.74 Å². The number of pyridine rings is 1. The summed E-state index contributed by atoms with van der Waals surface area (Å²) < 4.78 is 33.2. The molecule has 0 N–H and O–H groups in total. The third kappa shape index (κ3) is 4.31. The van der Waals surface area contributed by atoms with E-state index in [1.807, 2.05) is 25.1 Å². The average Bonchev–Trinajstić information content (AvgIpc) is 2.56. The number of ether oxygens (including phenoxy) is 1. The Balaban J connectivity index is 2.27. The van der Waals surface area contributed by atoms with Crippen LogP contribution in [0.25, 0.3) is 0 Å². The van der Waals surface area contributed by atoms with Crippen LogP contribution >= 0.6 is 15.9 Å². The number of nitrogens with zero attached hydrogens (tertiary/aromatic N) is 2. The van der Waals surface area contributed by atoms with Crippen molar-refractivity contribution in [1.82, 2.24) is 9.29 Å². The van der Waals surface area contributed by atoms with Crippen LogP contribution in [0.1, 0.15) is 12.6 Å². The van der Waals surface area contributed by atoms with Crippen molar-refractivity contribution >= 4 is 26.0 Å². The molecule has 0 spiro atoms. The lowest BCUT2D eigenvalue weighted by Crippen LogP contribution is -2.33. The lowest BCUT2D eigenvalue weighted by Gasteiger charge is -2.21. The third-order valence-electron chi connectivity index (χ3n) is 3.44. The Bertz CT molecular complexity index is 751. The lowest BCUT2D eigenvalue weighted by atomic mass is 10.3. The summed E-state index contributed by atoms with van der Waals surface area (Å²) >= 11 is 3.32. The molecular weight excluding hydrogens is 380 g/mol. The van der Waals surface area contributed by atoms with Crippen molar-refractivity contribution < 1.29 is 13.2 Å². The first-order valence-electron chi connectivity index (χ1n) is 7.22. The molecule has 0 saturated carbocycles. The monoisotopic (exact) mass is 398 g/mol. The number of benzene rings is 1. The summed E-state index contributed by atoms with van der Waals surface area (Å²) in [6, 6.07) is 10.6. The molecule has 0 aliphatic heterocycles. The van der Waals surface area contributed by atoms with Crippen molar-refractivity contribution in [3.63, 3.8) is 0 Å². The molecule has 2 rings (SSSR count). The third-order valence-corrected chi connectivity index (χ3v) is 5.93. The minimum absolute atomic E-state index is 0.164. The molecule has 0 radical (unpaired) electrons. The minimum Gasteiger partial charge on any atom is -0.495 e. The zero-order valence-electron chi connectivity index (χ0n) is 13.1. The number of likely N-dealkylation sites (N-methyl/N-ethyl adjacent to an activating group) is 1. The molecule has 0 fully saturated rings. The summed E-state index contributed by atoms with van der Waals surface area (Å²) in [6.07, 6.45) is 2.27. The normalized spacial score (nSPS) is 11.7. The fraction of sp³-hybridized carbons (Fsp3) is 0.312. The van der Waals surface area contributed by atoms with E-state index in [2.05, 4.69) is 20.9 Å². The molecule has 2 aromatic rings. The average molecular weight is 399 g/mol. The van der Waals surface area contributed by atoms with Gasteiger partial charge in [-0.3, -0.25) is 4.98 Å². The summed E-state index contributed by atoms with van der Waals surface area (Å²) in [5.74, 6) is 0.337. The molecule has 0 amide bonds. The molecule has 0 atom stereocenters. The Hall–Kier alpha value is -1.44. The van der Waals surface area contributed by atoms with E-state index < -0.39 is 10.0 Å². The van der Waals surface area contributed by atoms with E-state index in [-0.39, 0.29) is 4.90 Å². The van der Waals surface area contributed by atoms with Gasteiger partial charge in [-0.15, -0.1) is 0 Å². The van der Waals surface area contributed by atoms with Gasteiger partial charge in [0.15, 0.2) is 0 Å². The number of hydrogen-bond acceptors (Lipinski definition) is 4. The molecule has 7 heteroatoms. The van der Waals surface area contributed by atoms with Crippen molar-refractivity contribution in [2.24, 2.45) is 0 Å². The van der Waals surface area contributed by atoms with Crippen molar-refractivity contribution in [2.45, 2.75) is 18.2 Å². The molecular formula is C16H19BrN2O3S. The van der Waals surface area contributed by atoms with Crippen LogP contribution in [0.15, 0.2) is 52.0 Å². The van der Waals surface area contributed by atoms with Crippen LogP contribution in [0.4, 0.5) is 0 Å². The first-order chi connectivity index (χ1) is 11.0. The maximum atomic E-state index is 12.9. The number of methoxy groups -OCH3 is 1. The fourth-order valence-corrected chi connectivity index (χ4v) is 4.37. The maximum Gasteiger partial charge on any atom is 0.246 e.